The van der Waals surface area contributed by atoms with E-state index >= 15 is 0 Å². The number of carboxylic acid groups (broad SMARTS) is 1. The van der Waals surface area contributed by atoms with Crippen LogP contribution in [0.25, 0.3) is 0 Å². The first kappa shape index (κ1) is 17.0. The lowest BCUT2D eigenvalue weighted by molar-refractivity contribution is -0.141. The van der Waals surface area contributed by atoms with Crippen LogP contribution in [0.1, 0.15) is 58.8 Å². The molecule has 0 unspecified atom stereocenters. The van der Waals surface area contributed by atoms with Gasteiger partial charge in [0, 0.05) is 13.7 Å². The first-order chi connectivity index (χ1) is 9.29. The predicted octanol–water partition coefficient (Wildman–Crippen LogP) is 2.34. The predicted molar refractivity (Wildman–Crippen MR) is 76.5 cm³/mol. The molecular weight excluding hydrogens is 258 g/mol. The summed E-state index contributed by atoms with van der Waals surface area (Å²) in [6.45, 7) is 4.18. The molecule has 1 fully saturated rings. The van der Waals surface area contributed by atoms with Crippen molar-refractivity contribution in [2.75, 3.05) is 13.7 Å². The molecule has 0 bridgehead atoms. The molecule has 0 radical (unpaired) electrons. The van der Waals surface area contributed by atoms with Gasteiger partial charge in [-0.1, -0.05) is 19.3 Å². The fraction of sp³-hybridized carbons (Fsp3) is 0.867. The second-order valence-electron chi connectivity index (χ2n) is 6.55. The molecular formula is C15H27NO4. The van der Waals surface area contributed by atoms with Crippen molar-refractivity contribution < 1.29 is 19.4 Å². The molecule has 0 aromatic rings. The van der Waals surface area contributed by atoms with Crippen LogP contribution in [-0.4, -0.2) is 36.2 Å². The minimum atomic E-state index is -0.779. The Morgan fingerprint density at radius 1 is 1.25 bits per heavy atom. The number of carboxylic acids is 1. The lowest BCUT2D eigenvalue weighted by Gasteiger charge is -2.36. The molecule has 1 aliphatic rings. The zero-order valence-electron chi connectivity index (χ0n) is 12.8. The summed E-state index contributed by atoms with van der Waals surface area (Å²) < 4.78 is 5.23. The highest BCUT2D eigenvalue weighted by molar-refractivity contribution is 5.77. The van der Waals surface area contributed by atoms with Gasteiger partial charge < -0.3 is 15.2 Å². The van der Waals surface area contributed by atoms with Crippen LogP contribution in [0.15, 0.2) is 0 Å². The van der Waals surface area contributed by atoms with Crippen LogP contribution in [-0.2, 0) is 14.3 Å². The number of rotatable bonds is 7. The highest BCUT2D eigenvalue weighted by Gasteiger charge is 2.35. The maximum atomic E-state index is 11.9. The first-order valence-electron chi connectivity index (χ1n) is 7.32. The van der Waals surface area contributed by atoms with Crippen molar-refractivity contribution in [1.82, 2.24) is 5.32 Å². The van der Waals surface area contributed by atoms with E-state index in [1.807, 2.05) is 13.8 Å². The van der Waals surface area contributed by atoms with Crippen molar-refractivity contribution in [3.05, 3.63) is 0 Å². The Bertz CT molecular complexity index is 346. The number of methoxy groups -OCH3 is 1. The number of hydrogen-bond donors (Lipinski definition) is 2. The van der Waals surface area contributed by atoms with E-state index in [1.54, 1.807) is 7.11 Å². The van der Waals surface area contributed by atoms with Crippen LogP contribution < -0.4 is 5.32 Å². The molecule has 1 amide bonds. The zero-order chi connectivity index (χ0) is 15.2. The minimum absolute atomic E-state index is 0.0767. The van der Waals surface area contributed by atoms with Crippen LogP contribution in [0, 0.1) is 5.41 Å². The normalized spacial score (nSPS) is 18.6. The van der Waals surface area contributed by atoms with E-state index in [-0.39, 0.29) is 24.2 Å². The van der Waals surface area contributed by atoms with Crippen molar-refractivity contribution in [2.24, 2.45) is 5.41 Å². The molecule has 0 heterocycles. The second kappa shape index (κ2) is 7.07. The molecule has 5 nitrogen and oxygen atoms in total. The van der Waals surface area contributed by atoms with Crippen molar-refractivity contribution in [2.45, 2.75) is 64.4 Å². The lowest BCUT2D eigenvalue weighted by atomic mass is 9.71. The number of amides is 1. The Morgan fingerprint density at radius 2 is 1.85 bits per heavy atom. The Labute approximate surface area is 121 Å². The molecule has 0 aromatic heterocycles. The van der Waals surface area contributed by atoms with Gasteiger partial charge in [0.05, 0.1) is 18.4 Å². The third-order valence-corrected chi connectivity index (χ3v) is 4.24. The van der Waals surface area contributed by atoms with Crippen LogP contribution in [0.5, 0.6) is 0 Å². The maximum Gasteiger partial charge on any atom is 0.303 e. The second-order valence-corrected chi connectivity index (χ2v) is 6.55. The van der Waals surface area contributed by atoms with E-state index in [1.165, 1.54) is 0 Å². The third kappa shape index (κ3) is 5.49. The largest absolute Gasteiger partial charge is 0.481 e. The summed E-state index contributed by atoms with van der Waals surface area (Å²) in [7, 11) is 1.58. The van der Waals surface area contributed by atoms with Gasteiger partial charge in [0.2, 0.25) is 5.91 Å². The quantitative estimate of drug-likeness (QED) is 0.753. The van der Waals surface area contributed by atoms with E-state index < -0.39 is 11.6 Å². The summed E-state index contributed by atoms with van der Waals surface area (Å²) in [4.78, 5) is 23.0. The number of carbonyl (C=O) groups excluding carboxylic acids is 1. The molecule has 20 heavy (non-hydrogen) atoms. The Kier molecular flexibility index (Phi) is 5.99. The maximum absolute atomic E-state index is 11.9. The van der Waals surface area contributed by atoms with E-state index in [0.717, 1.165) is 32.1 Å². The van der Waals surface area contributed by atoms with Crippen LogP contribution in [0.2, 0.25) is 0 Å². The zero-order valence-corrected chi connectivity index (χ0v) is 12.8. The Hall–Kier alpha value is -1.10. The van der Waals surface area contributed by atoms with Gasteiger partial charge in [-0.2, -0.15) is 0 Å². The van der Waals surface area contributed by atoms with E-state index in [9.17, 15) is 9.59 Å². The third-order valence-electron chi connectivity index (χ3n) is 4.24. The first-order valence-corrected chi connectivity index (χ1v) is 7.32. The van der Waals surface area contributed by atoms with Gasteiger partial charge in [0.25, 0.3) is 0 Å². The summed E-state index contributed by atoms with van der Waals surface area (Å²) in [5, 5.41) is 12.0. The summed E-state index contributed by atoms with van der Waals surface area (Å²) in [5.74, 6) is -0.856. The SMILES string of the molecule is COC(C)(C)CC(=O)NCC1(CC(=O)O)CCCCC1. The van der Waals surface area contributed by atoms with Gasteiger partial charge in [-0.3, -0.25) is 9.59 Å². The van der Waals surface area contributed by atoms with Crippen molar-refractivity contribution >= 4 is 11.9 Å². The highest BCUT2D eigenvalue weighted by Crippen LogP contribution is 2.38. The molecule has 0 atom stereocenters. The smallest absolute Gasteiger partial charge is 0.303 e. The van der Waals surface area contributed by atoms with E-state index in [4.69, 9.17) is 9.84 Å². The summed E-state index contributed by atoms with van der Waals surface area (Å²) in [6, 6.07) is 0. The Morgan fingerprint density at radius 3 is 2.35 bits per heavy atom. The van der Waals surface area contributed by atoms with Gasteiger partial charge >= 0.3 is 5.97 Å². The molecule has 2 N–H and O–H groups in total. The number of nitrogens with one attached hydrogen (secondary N) is 1. The summed E-state index contributed by atoms with van der Waals surface area (Å²) >= 11 is 0. The molecule has 1 saturated carbocycles. The van der Waals surface area contributed by atoms with Crippen LogP contribution >= 0.6 is 0 Å². The van der Waals surface area contributed by atoms with Gasteiger partial charge in [-0.25, -0.2) is 0 Å². The molecule has 1 aliphatic carbocycles. The number of carbonyl (C=O) groups is 2. The number of aliphatic carboxylic acids is 1. The molecule has 0 saturated heterocycles. The topological polar surface area (TPSA) is 75.6 Å². The number of hydrogen-bond acceptors (Lipinski definition) is 3. The minimum Gasteiger partial charge on any atom is -0.481 e. The Balaban J connectivity index is 2.54. The van der Waals surface area contributed by atoms with Crippen LogP contribution in [0.4, 0.5) is 0 Å². The highest BCUT2D eigenvalue weighted by atomic mass is 16.5. The molecule has 0 aromatic carbocycles. The fourth-order valence-corrected chi connectivity index (χ4v) is 2.85. The molecule has 1 rings (SSSR count). The van der Waals surface area contributed by atoms with E-state index in [2.05, 4.69) is 5.32 Å². The molecule has 116 valence electrons. The van der Waals surface area contributed by atoms with Gasteiger partial charge in [0.1, 0.15) is 0 Å². The summed E-state index contributed by atoms with van der Waals surface area (Å²) in [6.07, 6.45) is 5.44. The standard InChI is InChI=1S/C15H27NO4/c1-14(2,20-3)9-12(17)16-11-15(10-13(18)19)7-5-4-6-8-15/h4-11H2,1-3H3,(H,16,17)(H,18,19). The van der Waals surface area contributed by atoms with Gasteiger partial charge in [0.15, 0.2) is 0 Å². The molecule has 5 heteroatoms. The van der Waals surface area contributed by atoms with Crippen molar-refractivity contribution in [3.63, 3.8) is 0 Å². The monoisotopic (exact) mass is 285 g/mol. The van der Waals surface area contributed by atoms with Gasteiger partial charge in [-0.05, 0) is 32.1 Å². The average Bonchev–Trinajstić information content (AvgIpc) is 2.36. The van der Waals surface area contributed by atoms with Crippen molar-refractivity contribution in [1.29, 1.82) is 0 Å². The number of ether oxygens (including phenoxy) is 1. The van der Waals surface area contributed by atoms with E-state index in [0.29, 0.717) is 6.54 Å². The lowest BCUT2D eigenvalue weighted by Crippen LogP contribution is -2.42. The summed E-state index contributed by atoms with van der Waals surface area (Å²) in [5.41, 5.74) is -0.756. The van der Waals surface area contributed by atoms with Gasteiger partial charge in [-0.15, -0.1) is 0 Å². The molecule has 0 aliphatic heterocycles. The van der Waals surface area contributed by atoms with Crippen LogP contribution in [0.3, 0.4) is 0 Å². The molecule has 0 spiro atoms. The average molecular weight is 285 g/mol. The van der Waals surface area contributed by atoms with Crippen molar-refractivity contribution in [3.8, 4) is 0 Å². The fourth-order valence-electron chi connectivity index (χ4n) is 2.85.